The van der Waals surface area contributed by atoms with Crippen LogP contribution < -0.4 is 16.0 Å². The zero-order valence-corrected chi connectivity index (χ0v) is 20.5. The Morgan fingerprint density at radius 2 is 2.00 bits per heavy atom. The van der Waals surface area contributed by atoms with E-state index in [4.69, 9.17) is 0 Å². The van der Waals surface area contributed by atoms with Crippen molar-refractivity contribution in [2.24, 2.45) is 0 Å². The van der Waals surface area contributed by atoms with Crippen LogP contribution in [0.25, 0.3) is 0 Å². The fourth-order valence-electron chi connectivity index (χ4n) is 4.78. The van der Waals surface area contributed by atoms with Gasteiger partial charge in [0.25, 0.3) is 0 Å². The zero-order chi connectivity index (χ0) is 24.1. The van der Waals surface area contributed by atoms with E-state index < -0.39 is 0 Å². The maximum atomic E-state index is 13.0. The van der Waals surface area contributed by atoms with E-state index in [0.29, 0.717) is 13.0 Å². The second-order valence-corrected chi connectivity index (χ2v) is 9.70. The standard InChI is InChI=1S/C26H32N4O3S/c1-17(18-12-13-21-19(15-18)7-5-11-24(31)29-21)28-26(33)27-16-25(32)30-14-6-9-22(30)20-8-3-4-10-23(20)34-2/h3-4,8,10,12-13,15,17,22H,5-7,9,11,14,16H2,1-2H3,(H,29,31)(H2,27,28,33)/t17?,22-/m1/s1. The fourth-order valence-corrected chi connectivity index (χ4v) is 5.44. The first-order chi connectivity index (χ1) is 16.5. The molecule has 180 valence electrons. The van der Waals surface area contributed by atoms with Crippen molar-refractivity contribution in [1.29, 1.82) is 0 Å². The van der Waals surface area contributed by atoms with Crippen LogP contribution in [-0.4, -0.2) is 42.1 Å². The van der Waals surface area contributed by atoms with Crippen LogP contribution in [-0.2, 0) is 16.0 Å². The van der Waals surface area contributed by atoms with Crippen LogP contribution in [0.3, 0.4) is 0 Å². The van der Waals surface area contributed by atoms with Crippen LogP contribution in [0.5, 0.6) is 0 Å². The van der Waals surface area contributed by atoms with Crippen molar-refractivity contribution >= 4 is 35.3 Å². The van der Waals surface area contributed by atoms with Gasteiger partial charge in [0.05, 0.1) is 18.6 Å². The van der Waals surface area contributed by atoms with Crippen LogP contribution in [0, 0.1) is 0 Å². The number of carbonyl (C=O) groups excluding carboxylic acids is 3. The minimum Gasteiger partial charge on any atom is -0.334 e. The average molecular weight is 481 g/mol. The molecule has 7 nitrogen and oxygen atoms in total. The summed E-state index contributed by atoms with van der Waals surface area (Å²) in [5.41, 5.74) is 4.07. The molecule has 2 aromatic carbocycles. The molecule has 0 aromatic heterocycles. The maximum Gasteiger partial charge on any atom is 0.315 e. The van der Waals surface area contributed by atoms with E-state index in [0.717, 1.165) is 42.5 Å². The van der Waals surface area contributed by atoms with Crippen LogP contribution >= 0.6 is 11.8 Å². The second kappa shape index (κ2) is 11.0. The monoisotopic (exact) mass is 480 g/mol. The van der Waals surface area contributed by atoms with Gasteiger partial charge >= 0.3 is 6.03 Å². The molecule has 3 N–H and O–H groups in total. The summed E-state index contributed by atoms with van der Waals surface area (Å²) in [6.45, 7) is 2.58. The molecule has 1 saturated heterocycles. The van der Waals surface area contributed by atoms with Crippen molar-refractivity contribution in [1.82, 2.24) is 15.5 Å². The normalized spacial score (nSPS) is 18.5. The van der Waals surface area contributed by atoms with Gasteiger partial charge in [0, 0.05) is 23.5 Å². The lowest BCUT2D eigenvalue weighted by atomic mass is 10.0. The molecular formula is C26H32N4O3S. The molecule has 2 heterocycles. The molecule has 0 saturated carbocycles. The number of anilines is 1. The van der Waals surface area contributed by atoms with E-state index in [1.165, 1.54) is 10.5 Å². The van der Waals surface area contributed by atoms with Crippen molar-refractivity contribution in [3.63, 3.8) is 0 Å². The summed E-state index contributed by atoms with van der Waals surface area (Å²) in [6.07, 6.45) is 6.10. The van der Waals surface area contributed by atoms with Crippen molar-refractivity contribution in [3.05, 3.63) is 59.2 Å². The summed E-state index contributed by atoms with van der Waals surface area (Å²) < 4.78 is 0. The summed E-state index contributed by atoms with van der Waals surface area (Å²) in [5, 5.41) is 8.59. The summed E-state index contributed by atoms with van der Waals surface area (Å²) in [4.78, 5) is 40.3. The number of fused-ring (bicyclic) bond motifs is 1. The molecule has 2 atom stereocenters. The van der Waals surface area contributed by atoms with Gasteiger partial charge in [-0.3, -0.25) is 9.59 Å². The highest BCUT2D eigenvalue weighted by Crippen LogP contribution is 2.36. The predicted octanol–water partition coefficient (Wildman–Crippen LogP) is 4.41. The van der Waals surface area contributed by atoms with Crippen LogP contribution in [0.4, 0.5) is 10.5 Å². The third kappa shape index (κ3) is 5.55. The first-order valence-electron chi connectivity index (χ1n) is 11.9. The SMILES string of the molecule is CSc1ccccc1[C@H]1CCCN1C(=O)CNC(=O)NC(C)c1ccc2c(c1)CCCC(=O)N2. The Hall–Kier alpha value is -3.00. The lowest BCUT2D eigenvalue weighted by Gasteiger charge is -2.27. The largest absolute Gasteiger partial charge is 0.334 e. The Bertz CT molecular complexity index is 1070. The van der Waals surface area contributed by atoms with Crippen molar-refractivity contribution in [3.8, 4) is 0 Å². The predicted molar refractivity (Wildman–Crippen MR) is 135 cm³/mol. The molecule has 4 amide bonds. The van der Waals surface area contributed by atoms with E-state index in [2.05, 4.69) is 28.1 Å². The number of amides is 4. The molecule has 0 aliphatic carbocycles. The summed E-state index contributed by atoms with van der Waals surface area (Å²) >= 11 is 1.69. The number of nitrogens with zero attached hydrogens (tertiary/aromatic N) is 1. The summed E-state index contributed by atoms with van der Waals surface area (Å²) in [7, 11) is 0. The number of benzene rings is 2. The van der Waals surface area contributed by atoms with Crippen molar-refractivity contribution in [2.75, 3.05) is 24.7 Å². The van der Waals surface area contributed by atoms with Gasteiger partial charge in [0.15, 0.2) is 0 Å². The Morgan fingerprint density at radius 1 is 1.18 bits per heavy atom. The lowest BCUT2D eigenvalue weighted by Crippen LogP contribution is -2.44. The first kappa shape index (κ1) is 24.1. The van der Waals surface area contributed by atoms with Crippen molar-refractivity contribution in [2.45, 2.75) is 56.0 Å². The summed E-state index contributed by atoms with van der Waals surface area (Å²) in [6, 6.07) is 13.5. The Labute approximate surface area is 205 Å². The molecule has 4 rings (SSSR count). The molecular weight excluding hydrogens is 448 g/mol. The lowest BCUT2D eigenvalue weighted by molar-refractivity contribution is -0.131. The van der Waals surface area contributed by atoms with Gasteiger partial charge < -0.3 is 20.9 Å². The second-order valence-electron chi connectivity index (χ2n) is 8.85. The zero-order valence-electron chi connectivity index (χ0n) is 19.7. The first-order valence-corrected chi connectivity index (χ1v) is 13.1. The molecule has 1 fully saturated rings. The Kier molecular flexibility index (Phi) is 7.77. The smallest absolute Gasteiger partial charge is 0.315 e. The number of hydrogen-bond acceptors (Lipinski definition) is 4. The van der Waals surface area contributed by atoms with Gasteiger partial charge in [-0.15, -0.1) is 11.8 Å². The van der Waals surface area contributed by atoms with Crippen LogP contribution in [0.15, 0.2) is 47.4 Å². The molecule has 8 heteroatoms. The Morgan fingerprint density at radius 3 is 2.82 bits per heavy atom. The topological polar surface area (TPSA) is 90.5 Å². The van der Waals surface area contributed by atoms with E-state index in [1.807, 2.05) is 48.4 Å². The number of nitrogens with one attached hydrogen (secondary N) is 3. The van der Waals surface area contributed by atoms with Gasteiger partial charge in [-0.2, -0.15) is 0 Å². The molecule has 0 spiro atoms. The number of likely N-dealkylation sites (tertiary alicyclic amines) is 1. The highest BCUT2D eigenvalue weighted by Gasteiger charge is 2.31. The van der Waals surface area contributed by atoms with E-state index in [-0.39, 0.29) is 36.5 Å². The van der Waals surface area contributed by atoms with Gasteiger partial charge in [0.1, 0.15) is 0 Å². The minimum atomic E-state index is -0.371. The number of rotatable bonds is 6. The molecule has 2 aliphatic heterocycles. The third-order valence-corrected chi connectivity index (χ3v) is 7.38. The minimum absolute atomic E-state index is 0.0350. The number of carbonyl (C=O) groups is 3. The van der Waals surface area contributed by atoms with Gasteiger partial charge in [-0.05, 0) is 67.7 Å². The fraction of sp³-hybridized carbons (Fsp3) is 0.423. The highest BCUT2D eigenvalue weighted by atomic mass is 32.2. The summed E-state index contributed by atoms with van der Waals surface area (Å²) in [5.74, 6) is -0.0270. The maximum absolute atomic E-state index is 13.0. The molecule has 2 aliphatic rings. The number of aryl methyl sites for hydroxylation is 1. The van der Waals surface area contributed by atoms with Gasteiger partial charge in [0.2, 0.25) is 11.8 Å². The molecule has 0 bridgehead atoms. The van der Waals surface area contributed by atoms with Crippen LogP contribution in [0.2, 0.25) is 0 Å². The third-order valence-electron chi connectivity index (χ3n) is 6.57. The molecule has 34 heavy (non-hydrogen) atoms. The highest BCUT2D eigenvalue weighted by molar-refractivity contribution is 7.98. The molecule has 2 aromatic rings. The quantitative estimate of drug-likeness (QED) is 0.534. The average Bonchev–Trinajstić information content (AvgIpc) is 3.25. The number of thioether (sulfide) groups is 1. The number of hydrogen-bond donors (Lipinski definition) is 3. The Balaban J connectivity index is 1.32. The van der Waals surface area contributed by atoms with Gasteiger partial charge in [-0.1, -0.05) is 30.3 Å². The van der Waals surface area contributed by atoms with Gasteiger partial charge in [-0.25, -0.2) is 4.79 Å². The van der Waals surface area contributed by atoms with Crippen molar-refractivity contribution < 1.29 is 14.4 Å². The molecule has 0 radical (unpaired) electrons. The van der Waals surface area contributed by atoms with E-state index in [1.54, 1.807) is 11.8 Å². The molecule has 1 unspecified atom stereocenters. The van der Waals surface area contributed by atoms with E-state index >= 15 is 0 Å². The number of urea groups is 1. The van der Waals surface area contributed by atoms with E-state index in [9.17, 15) is 14.4 Å². The van der Waals surface area contributed by atoms with Crippen LogP contribution in [0.1, 0.15) is 61.4 Å².